The van der Waals surface area contributed by atoms with E-state index in [2.05, 4.69) is 15.7 Å². The molecule has 2 unspecified atom stereocenters. The zero-order chi connectivity index (χ0) is 28.9. The maximum absolute atomic E-state index is 14.4. The number of hydrogen-bond donors (Lipinski definition) is 4. The van der Waals surface area contributed by atoms with E-state index >= 15 is 0 Å². The molecule has 4 rings (SSSR count). The molecular formula is C31H33F4N5. The fourth-order valence-corrected chi connectivity index (χ4v) is 5.49. The lowest BCUT2D eigenvalue weighted by atomic mass is 9.59. The molecule has 0 bridgehead atoms. The highest BCUT2D eigenvalue weighted by Gasteiger charge is 2.44. The number of allylic oxidation sites excluding steroid dienone is 2. The Kier molecular flexibility index (Phi) is 9.17. The first-order chi connectivity index (χ1) is 19.2. The standard InChI is InChI=1S/C31H33F4N5/c1-3-20-8-10-38-28(14-20)19(2)31(16-21-12-26(33)30(35)27(34)13-21)17-22(18-36)29(15-23(31)9-11-39-37)40-25-6-4-24(32)5-7-25/h4-8,10,12-15,18-19,36,39-40H,3,9,11,16-17,37H2,1-2H3. The molecule has 5 N–H and O–H groups in total. The molecule has 1 aromatic heterocycles. The Hall–Kier alpha value is -3.82. The second kappa shape index (κ2) is 12.6. The first-order valence-corrected chi connectivity index (χ1v) is 13.2. The van der Waals surface area contributed by atoms with Gasteiger partial charge in [-0.2, -0.15) is 0 Å². The second-order valence-corrected chi connectivity index (χ2v) is 10.1. The summed E-state index contributed by atoms with van der Waals surface area (Å²) in [6.45, 7) is 4.48. The topological polar surface area (TPSA) is 86.8 Å². The van der Waals surface area contributed by atoms with Gasteiger partial charge in [-0.3, -0.25) is 16.3 Å². The Morgan fingerprint density at radius 1 is 1.05 bits per heavy atom. The van der Waals surface area contributed by atoms with Gasteiger partial charge >= 0.3 is 0 Å². The normalized spacial score (nSPS) is 17.9. The summed E-state index contributed by atoms with van der Waals surface area (Å²) in [6.07, 6.45) is 6.72. The molecule has 3 aromatic rings. The van der Waals surface area contributed by atoms with Gasteiger partial charge < -0.3 is 10.7 Å². The molecule has 0 amide bonds. The molecule has 0 fully saturated rings. The monoisotopic (exact) mass is 551 g/mol. The van der Waals surface area contributed by atoms with Crippen molar-refractivity contribution in [1.82, 2.24) is 10.4 Å². The van der Waals surface area contributed by atoms with E-state index in [1.54, 1.807) is 18.3 Å². The number of nitrogens with zero attached hydrogens (tertiary/aromatic N) is 1. The van der Waals surface area contributed by atoms with Crippen LogP contribution >= 0.6 is 0 Å². The van der Waals surface area contributed by atoms with Gasteiger partial charge in [0.1, 0.15) is 5.82 Å². The molecule has 210 valence electrons. The van der Waals surface area contributed by atoms with Crippen molar-refractivity contribution >= 4 is 11.9 Å². The van der Waals surface area contributed by atoms with Gasteiger partial charge in [0.2, 0.25) is 0 Å². The molecule has 0 spiro atoms. The van der Waals surface area contributed by atoms with Crippen LogP contribution in [0.25, 0.3) is 0 Å². The minimum absolute atomic E-state index is 0.165. The molecule has 0 radical (unpaired) electrons. The Labute approximate surface area is 231 Å². The predicted molar refractivity (Wildman–Crippen MR) is 150 cm³/mol. The number of hydrogen-bond acceptors (Lipinski definition) is 5. The third kappa shape index (κ3) is 6.16. The molecule has 2 atom stereocenters. The predicted octanol–water partition coefficient (Wildman–Crippen LogP) is 6.73. The summed E-state index contributed by atoms with van der Waals surface area (Å²) in [7, 11) is 0. The average Bonchev–Trinajstić information content (AvgIpc) is 2.96. The minimum atomic E-state index is -1.51. The number of hydrazine groups is 1. The number of aromatic nitrogens is 1. The number of halogens is 4. The van der Waals surface area contributed by atoms with Gasteiger partial charge in [0.25, 0.3) is 0 Å². The Morgan fingerprint density at radius 3 is 2.38 bits per heavy atom. The van der Waals surface area contributed by atoms with Crippen LogP contribution in [0, 0.1) is 34.1 Å². The molecule has 0 saturated carbocycles. The van der Waals surface area contributed by atoms with E-state index < -0.39 is 22.9 Å². The zero-order valence-corrected chi connectivity index (χ0v) is 22.5. The van der Waals surface area contributed by atoms with Gasteiger partial charge in [0.15, 0.2) is 17.5 Å². The van der Waals surface area contributed by atoms with Gasteiger partial charge in [0, 0.05) is 47.4 Å². The van der Waals surface area contributed by atoms with Crippen LogP contribution in [0.5, 0.6) is 0 Å². The number of nitrogens with two attached hydrogens (primary N) is 1. The molecule has 2 aromatic carbocycles. The molecule has 1 aliphatic carbocycles. The van der Waals surface area contributed by atoms with E-state index in [0.717, 1.165) is 35.4 Å². The maximum atomic E-state index is 14.4. The molecule has 1 heterocycles. The van der Waals surface area contributed by atoms with Crippen LogP contribution in [0.1, 0.15) is 49.4 Å². The number of benzene rings is 2. The lowest BCUT2D eigenvalue weighted by Gasteiger charge is -2.45. The largest absolute Gasteiger partial charge is 0.355 e. The summed E-state index contributed by atoms with van der Waals surface area (Å²) >= 11 is 0. The summed E-state index contributed by atoms with van der Waals surface area (Å²) in [4.78, 5) is 4.66. The SMILES string of the molecule is CCc1ccnc(C(C)C2(Cc3cc(F)c(F)c(F)c3)CC(C=N)=C(Nc3ccc(F)cc3)C=C2CCNN)c1. The first kappa shape index (κ1) is 29.2. The molecule has 5 nitrogen and oxygen atoms in total. The number of nitrogens with one attached hydrogen (secondary N) is 3. The van der Waals surface area contributed by atoms with Crippen LogP contribution in [0.4, 0.5) is 23.2 Å². The summed E-state index contributed by atoms with van der Waals surface area (Å²) in [6, 6.07) is 11.9. The molecule has 40 heavy (non-hydrogen) atoms. The van der Waals surface area contributed by atoms with Crippen molar-refractivity contribution in [3.8, 4) is 0 Å². The van der Waals surface area contributed by atoms with E-state index in [0.29, 0.717) is 41.9 Å². The molecule has 9 heteroatoms. The number of rotatable bonds is 11. The van der Waals surface area contributed by atoms with Crippen LogP contribution in [0.15, 0.2) is 77.6 Å². The van der Waals surface area contributed by atoms with Crippen molar-refractivity contribution in [2.75, 3.05) is 11.9 Å². The first-order valence-electron chi connectivity index (χ1n) is 13.2. The van der Waals surface area contributed by atoms with Gasteiger partial charge in [0.05, 0.1) is 0 Å². The van der Waals surface area contributed by atoms with Crippen LogP contribution in [0.2, 0.25) is 0 Å². The minimum Gasteiger partial charge on any atom is -0.355 e. The zero-order valence-electron chi connectivity index (χ0n) is 22.5. The fourth-order valence-electron chi connectivity index (χ4n) is 5.49. The summed E-state index contributed by atoms with van der Waals surface area (Å²) in [5, 5.41) is 11.6. The molecule has 1 aliphatic rings. The number of aryl methyl sites for hydroxylation is 1. The summed E-state index contributed by atoms with van der Waals surface area (Å²) in [5.41, 5.74) is 6.95. The summed E-state index contributed by atoms with van der Waals surface area (Å²) in [5.74, 6) is 1.01. The van der Waals surface area contributed by atoms with E-state index in [1.807, 2.05) is 32.1 Å². The molecular weight excluding hydrogens is 518 g/mol. The highest BCUT2D eigenvalue weighted by Crippen LogP contribution is 2.52. The van der Waals surface area contributed by atoms with E-state index in [4.69, 9.17) is 11.3 Å². The fraction of sp³-hybridized carbons (Fsp3) is 0.290. The number of pyridine rings is 1. The van der Waals surface area contributed by atoms with Crippen molar-refractivity contribution < 1.29 is 17.6 Å². The van der Waals surface area contributed by atoms with Crippen molar-refractivity contribution in [2.24, 2.45) is 11.3 Å². The van der Waals surface area contributed by atoms with Crippen molar-refractivity contribution in [2.45, 2.75) is 45.4 Å². The summed E-state index contributed by atoms with van der Waals surface area (Å²) < 4.78 is 56.1. The highest BCUT2D eigenvalue weighted by atomic mass is 19.2. The third-order valence-electron chi connectivity index (χ3n) is 7.74. The van der Waals surface area contributed by atoms with E-state index in [9.17, 15) is 17.6 Å². The van der Waals surface area contributed by atoms with Gasteiger partial charge in [-0.25, -0.2) is 17.6 Å². The average molecular weight is 552 g/mol. The lowest BCUT2D eigenvalue weighted by molar-refractivity contribution is 0.271. The van der Waals surface area contributed by atoms with Gasteiger partial charge in [-0.15, -0.1) is 0 Å². The van der Waals surface area contributed by atoms with Crippen molar-refractivity contribution in [3.05, 3.63) is 118 Å². The quantitative estimate of drug-likeness (QED) is 0.0700. The smallest absolute Gasteiger partial charge is 0.194 e. The molecule has 0 aliphatic heterocycles. The van der Waals surface area contributed by atoms with Crippen molar-refractivity contribution in [1.29, 1.82) is 5.41 Å². The second-order valence-electron chi connectivity index (χ2n) is 10.1. The van der Waals surface area contributed by atoms with Gasteiger partial charge in [-0.1, -0.05) is 19.4 Å². The number of anilines is 1. The Bertz CT molecular complexity index is 1410. The van der Waals surface area contributed by atoms with E-state index in [1.165, 1.54) is 18.3 Å². The lowest BCUT2D eigenvalue weighted by Crippen LogP contribution is -2.38. The van der Waals surface area contributed by atoms with Crippen molar-refractivity contribution in [3.63, 3.8) is 0 Å². The Balaban J connectivity index is 1.88. The third-order valence-corrected chi connectivity index (χ3v) is 7.74. The highest BCUT2D eigenvalue weighted by molar-refractivity contribution is 5.81. The van der Waals surface area contributed by atoms with Crippen LogP contribution < -0.4 is 16.6 Å². The van der Waals surface area contributed by atoms with Crippen LogP contribution in [0.3, 0.4) is 0 Å². The Morgan fingerprint density at radius 2 is 1.75 bits per heavy atom. The van der Waals surface area contributed by atoms with Crippen LogP contribution in [-0.2, 0) is 12.8 Å². The van der Waals surface area contributed by atoms with E-state index in [-0.39, 0.29) is 18.2 Å². The van der Waals surface area contributed by atoms with Gasteiger partial charge in [-0.05, 0) is 97.0 Å². The molecule has 0 saturated heterocycles. The maximum Gasteiger partial charge on any atom is 0.194 e. The van der Waals surface area contributed by atoms with Crippen LogP contribution in [-0.4, -0.2) is 17.7 Å².